The van der Waals surface area contributed by atoms with Crippen LogP contribution >= 0.6 is 0 Å². The molecule has 0 N–H and O–H groups in total. The van der Waals surface area contributed by atoms with Crippen molar-refractivity contribution >= 4 is 17.8 Å². The first-order chi connectivity index (χ1) is 6.91. The van der Waals surface area contributed by atoms with Gasteiger partial charge in [-0.25, -0.2) is 4.79 Å². The number of amides is 2. The minimum Gasteiger partial charge on any atom is -0.330 e. The molecule has 0 bridgehead atoms. The molecule has 1 fully saturated rings. The molecule has 0 radical (unpaired) electrons. The summed E-state index contributed by atoms with van der Waals surface area (Å²) in [6.07, 6.45) is 0.319. The molecule has 5 nitrogen and oxygen atoms in total. The Kier molecular flexibility index (Phi) is 3.44. The van der Waals surface area contributed by atoms with Gasteiger partial charge in [-0.3, -0.25) is 9.59 Å². The van der Waals surface area contributed by atoms with E-state index in [1.54, 1.807) is 6.92 Å². The molecule has 84 valence electrons. The fourth-order valence-corrected chi connectivity index (χ4v) is 1.32. The van der Waals surface area contributed by atoms with Gasteiger partial charge >= 0.3 is 5.97 Å². The van der Waals surface area contributed by atoms with Gasteiger partial charge in [-0.05, 0) is 5.92 Å². The molecule has 1 atom stereocenters. The van der Waals surface area contributed by atoms with Crippen molar-refractivity contribution in [2.24, 2.45) is 11.8 Å². The minimum atomic E-state index is -0.541. The monoisotopic (exact) mass is 213 g/mol. The molecular weight excluding hydrogens is 198 g/mol. The second-order valence-electron chi connectivity index (χ2n) is 4.19. The Labute approximate surface area is 88.3 Å². The van der Waals surface area contributed by atoms with Gasteiger partial charge in [-0.15, -0.1) is 5.06 Å². The highest BCUT2D eigenvalue weighted by atomic mass is 16.7. The Hall–Kier alpha value is -1.39. The molecule has 0 aliphatic carbocycles. The van der Waals surface area contributed by atoms with Gasteiger partial charge in [0.1, 0.15) is 0 Å². The summed E-state index contributed by atoms with van der Waals surface area (Å²) in [5, 5.41) is 0.593. The molecule has 2 amide bonds. The smallest absolute Gasteiger partial charge is 0.330 e. The van der Waals surface area contributed by atoms with Gasteiger partial charge in [0.25, 0.3) is 11.8 Å². The molecule has 0 aromatic carbocycles. The third-order valence-electron chi connectivity index (χ3n) is 2.10. The molecule has 15 heavy (non-hydrogen) atoms. The molecule has 1 aliphatic heterocycles. The molecular formula is C10H15NO4. The molecule has 5 heteroatoms. The first-order valence-corrected chi connectivity index (χ1v) is 4.99. The maximum atomic E-state index is 11.4. The average Bonchev–Trinajstić information content (AvgIpc) is 2.31. The van der Waals surface area contributed by atoms with Gasteiger partial charge in [0, 0.05) is 12.3 Å². The van der Waals surface area contributed by atoms with Crippen molar-refractivity contribution in [1.82, 2.24) is 5.06 Å². The van der Waals surface area contributed by atoms with Crippen LogP contribution in [0.15, 0.2) is 0 Å². The fraction of sp³-hybridized carbons (Fsp3) is 0.700. The van der Waals surface area contributed by atoms with Crippen LogP contribution in [-0.2, 0) is 19.2 Å². The van der Waals surface area contributed by atoms with Crippen LogP contribution in [0.4, 0.5) is 0 Å². The minimum absolute atomic E-state index is 0.119. The van der Waals surface area contributed by atoms with Crippen LogP contribution < -0.4 is 0 Å². The van der Waals surface area contributed by atoms with Crippen LogP contribution in [-0.4, -0.2) is 22.8 Å². The van der Waals surface area contributed by atoms with Gasteiger partial charge < -0.3 is 4.84 Å². The number of carbonyl (C=O) groups is 3. The maximum Gasteiger partial charge on any atom is 0.333 e. The predicted octanol–water partition coefficient (Wildman–Crippen LogP) is 0.886. The van der Waals surface area contributed by atoms with Crippen LogP contribution in [0, 0.1) is 11.8 Å². The molecule has 0 aromatic heterocycles. The summed E-state index contributed by atoms with van der Waals surface area (Å²) in [5.41, 5.74) is 0. The van der Waals surface area contributed by atoms with E-state index in [4.69, 9.17) is 4.84 Å². The van der Waals surface area contributed by atoms with E-state index in [0.717, 1.165) is 0 Å². The molecule has 1 rings (SSSR count). The third kappa shape index (κ3) is 2.78. The lowest BCUT2D eigenvalue weighted by molar-refractivity contribution is -0.198. The molecule has 1 heterocycles. The first-order valence-electron chi connectivity index (χ1n) is 4.99. The second-order valence-corrected chi connectivity index (χ2v) is 4.19. The van der Waals surface area contributed by atoms with Crippen molar-refractivity contribution in [3.05, 3.63) is 0 Å². The Morgan fingerprint density at radius 1 is 1.53 bits per heavy atom. The van der Waals surface area contributed by atoms with Gasteiger partial charge in [0.2, 0.25) is 0 Å². The van der Waals surface area contributed by atoms with Gasteiger partial charge in [0.15, 0.2) is 0 Å². The van der Waals surface area contributed by atoms with Crippen molar-refractivity contribution < 1.29 is 19.2 Å². The predicted molar refractivity (Wildman–Crippen MR) is 51.2 cm³/mol. The van der Waals surface area contributed by atoms with Crippen molar-refractivity contribution in [2.45, 2.75) is 33.6 Å². The Morgan fingerprint density at radius 3 is 2.53 bits per heavy atom. The van der Waals surface area contributed by atoms with E-state index < -0.39 is 17.8 Å². The highest BCUT2D eigenvalue weighted by Crippen LogP contribution is 2.19. The average molecular weight is 213 g/mol. The molecule has 0 saturated carbocycles. The summed E-state index contributed by atoms with van der Waals surface area (Å²) >= 11 is 0. The Bertz CT molecular complexity index is 298. The zero-order valence-electron chi connectivity index (χ0n) is 9.15. The highest BCUT2D eigenvalue weighted by Gasteiger charge is 2.38. The summed E-state index contributed by atoms with van der Waals surface area (Å²) in [7, 11) is 0. The number of rotatable bonds is 3. The SMILES string of the molecule is CC(C)CC(=O)ON1C(=O)CC(C)C1=O. The zero-order chi connectivity index (χ0) is 11.6. The van der Waals surface area contributed by atoms with Crippen LogP contribution in [0.5, 0.6) is 0 Å². The summed E-state index contributed by atoms with van der Waals surface area (Å²) < 4.78 is 0. The lowest BCUT2D eigenvalue weighted by atomic mass is 10.1. The number of hydrogen-bond donors (Lipinski definition) is 0. The van der Waals surface area contributed by atoms with Crippen molar-refractivity contribution in [2.75, 3.05) is 0 Å². The molecule has 1 unspecified atom stereocenters. The zero-order valence-corrected chi connectivity index (χ0v) is 9.15. The molecule has 0 aromatic rings. The standard InChI is InChI=1S/C10H15NO4/c1-6(2)4-9(13)15-11-8(12)5-7(3)10(11)14/h6-7H,4-5H2,1-3H3. The van der Waals surface area contributed by atoms with E-state index >= 15 is 0 Å². The van der Waals surface area contributed by atoms with Gasteiger partial charge in [-0.1, -0.05) is 20.8 Å². The fourth-order valence-electron chi connectivity index (χ4n) is 1.32. The number of imide groups is 1. The van der Waals surface area contributed by atoms with Crippen LogP contribution in [0.25, 0.3) is 0 Å². The van der Waals surface area contributed by atoms with Crippen molar-refractivity contribution in [3.8, 4) is 0 Å². The van der Waals surface area contributed by atoms with Crippen LogP contribution in [0.2, 0.25) is 0 Å². The van der Waals surface area contributed by atoms with E-state index in [1.807, 2.05) is 13.8 Å². The van der Waals surface area contributed by atoms with Crippen LogP contribution in [0.3, 0.4) is 0 Å². The third-order valence-corrected chi connectivity index (χ3v) is 2.10. The molecule has 1 saturated heterocycles. The summed E-state index contributed by atoms with van der Waals surface area (Å²) in [6.45, 7) is 5.35. The van der Waals surface area contributed by atoms with E-state index in [-0.39, 0.29) is 24.7 Å². The van der Waals surface area contributed by atoms with Crippen LogP contribution in [0.1, 0.15) is 33.6 Å². The lowest BCUT2D eigenvalue weighted by Gasteiger charge is -2.13. The van der Waals surface area contributed by atoms with Gasteiger partial charge in [0.05, 0.1) is 6.42 Å². The molecule has 0 spiro atoms. The maximum absolute atomic E-state index is 11.4. The second kappa shape index (κ2) is 4.42. The van der Waals surface area contributed by atoms with E-state index in [2.05, 4.69) is 0 Å². The molecule has 1 aliphatic rings. The van der Waals surface area contributed by atoms with E-state index in [0.29, 0.717) is 5.06 Å². The number of hydroxylamine groups is 2. The number of carbonyl (C=O) groups excluding carboxylic acids is 3. The van der Waals surface area contributed by atoms with Crippen molar-refractivity contribution in [1.29, 1.82) is 0 Å². The quantitative estimate of drug-likeness (QED) is 0.653. The number of nitrogens with zero attached hydrogens (tertiary/aromatic N) is 1. The highest BCUT2D eigenvalue weighted by molar-refractivity contribution is 6.02. The normalized spacial score (nSPS) is 21.3. The number of hydrogen-bond acceptors (Lipinski definition) is 4. The summed E-state index contributed by atoms with van der Waals surface area (Å²) in [4.78, 5) is 38.6. The topological polar surface area (TPSA) is 63.7 Å². The van der Waals surface area contributed by atoms with E-state index in [1.165, 1.54) is 0 Å². The lowest BCUT2D eigenvalue weighted by Crippen LogP contribution is -2.33. The first kappa shape index (κ1) is 11.7. The van der Waals surface area contributed by atoms with Gasteiger partial charge in [-0.2, -0.15) is 0 Å². The Balaban J connectivity index is 2.55. The Morgan fingerprint density at radius 2 is 2.13 bits per heavy atom. The van der Waals surface area contributed by atoms with E-state index in [9.17, 15) is 14.4 Å². The summed E-state index contributed by atoms with van der Waals surface area (Å²) in [5.74, 6) is -1.66. The summed E-state index contributed by atoms with van der Waals surface area (Å²) in [6, 6.07) is 0. The van der Waals surface area contributed by atoms with Crippen molar-refractivity contribution in [3.63, 3.8) is 0 Å². The largest absolute Gasteiger partial charge is 0.333 e.